The zero-order chi connectivity index (χ0) is 13.8. The molecule has 1 aromatic rings. The summed E-state index contributed by atoms with van der Waals surface area (Å²) in [7, 11) is 0. The van der Waals surface area contributed by atoms with Gasteiger partial charge in [0.2, 0.25) is 0 Å². The number of aliphatic hydroxyl groups excluding tert-OH is 1. The Morgan fingerprint density at radius 3 is 2.95 bits per heavy atom. The van der Waals surface area contributed by atoms with E-state index in [-0.39, 0.29) is 23.9 Å². The Hall–Kier alpha value is -2.13. The van der Waals surface area contributed by atoms with Crippen molar-refractivity contribution in [3.63, 3.8) is 0 Å². The van der Waals surface area contributed by atoms with Crippen LogP contribution < -0.4 is 4.90 Å². The molecule has 1 saturated heterocycles. The van der Waals surface area contributed by atoms with Gasteiger partial charge in [-0.1, -0.05) is 0 Å². The van der Waals surface area contributed by atoms with Gasteiger partial charge in [-0.15, -0.1) is 0 Å². The number of aliphatic hydroxyl groups is 1. The van der Waals surface area contributed by atoms with Crippen molar-refractivity contribution in [2.75, 3.05) is 18.1 Å². The highest BCUT2D eigenvalue weighted by molar-refractivity contribution is 5.66. The third-order valence-corrected chi connectivity index (χ3v) is 3.45. The van der Waals surface area contributed by atoms with Crippen molar-refractivity contribution in [1.82, 2.24) is 0 Å². The fourth-order valence-electron chi connectivity index (χ4n) is 2.49. The van der Waals surface area contributed by atoms with Crippen LogP contribution in [0.5, 0.6) is 0 Å². The summed E-state index contributed by atoms with van der Waals surface area (Å²) in [6.07, 6.45) is 2.80. The van der Waals surface area contributed by atoms with Crippen molar-refractivity contribution < 1.29 is 10.0 Å². The van der Waals surface area contributed by atoms with E-state index in [0.717, 1.165) is 19.3 Å². The quantitative estimate of drug-likeness (QED) is 0.662. The van der Waals surface area contributed by atoms with Crippen LogP contribution in [0.4, 0.5) is 11.4 Å². The molecular weight excluding hydrogens is 246 g/mol. The molecule has 0 amide bonds. The number of hydrogen-bond donors (Lipinski definition) is 1. The highest BCUT2D eigenvalue weighted by atomic mass is 16.6. The maximum absolute atomic E-state index is 11.1. The third kappa shape index (κ3) is 2.66. The molecule has 1 N–H and O–H groups in total. The van der Waals surface area contributed by atoms with Crippen LogP contribution in [0.2, 0.25) is 0 Å². The molecule has 1 aromatic carbocycles. The number of rotatable bonds is 3. The summed E-state index contributed by atoms with van der Waals surface area (Å²) in [5.74, 6) is 0. The summed E-state index contributed by atoms with van der Waals surface area (Å²) in [6.45, 7) is 0.676. The van der Waals surface area contributed by atoms with Crippen molar-refractivity contribution in [3.8, 4) is 6.07 Å². The zero-order valence-corrected chi connectivity index (χ0v) is 10.5. The lowest BCUT2D eigenvalue weighted by molar-refractivity contribution is -0.384. The van der Waals surface area contributed by atoms with E-state index in [2.05, 4.69) is 0 Å². The van der Waals surface area contributed by atoms with E-state index in [4.69, 9.17) is 5.26 Å². The van der Waals surface area contributed by atoms with Gasteiger partial charge >= 0.3 is 0 Å². The maximum Gasteiger partial charge on any atom is 0.293 e. The molecule has 1 atom stereocenters. The molecular formula is C13H15N3O3. The smallest absolute Gasteiger partial charge is 0.293 e. The number of benzene rings is 1. The van der Waals surface area contributed by atoms with Gasteiger partial charge in [0.1, 0.15) is 5.69 Å². The SMILES string of the molecule is N#Cc1ccc(N2CCCCC2CO)c([N+](=O)[O-])c1. The van der Waals surface area contributed by atoms with Crippen LogP contribution in [0.15, 0.2) is 18.2 Å². The van der Waals surface area contributed by atoms with Crippen LogP contribution in [-0.4, -0.2) is 29.2 Å². The average molecular weight is 261 g/mol. The van der Waals surface area contributed by atoms with E-state index in [1.807, 2.05) is 11.0 Å². The number of nitriles is 1. The van der Waals surface area contributed by atoms with E-state index in [1.165, 1.54) is 6.07 Å². The number of nitro benzene ring substituents is 1. The fourth-order valence-corrected chi connectivity index (χ4v) is 2.49. The van der Waals surface area contributed by atoms with Gasteiger partial charge in [-0.25, -0.2) is 0 Å². The number of anilines is 1. The van der Waals surface area contributed by atoms with Gasteiger partial charge in [-0.3, -0.25) is 10.1 Å². The van der Waals surface area contributed by atoms with Gasteiger partial charge in [0.15, 0.2) is 0 Å². The van der Waals surface area contributed by atoms with Crippen LogP contribution in [0.1, 0.15) is 24.8 Å². The normalized spacial score (nSPS) is 18.9. The Bertz CT molecular complexity index is 524. The third-order valence-electron chi connectivity index (χ3n) is 3.45. The molecule has 0 radical (unpaired) electrons. The molecule has 1 aliphatic heterocycles. The molecule has 6 heteroatoms. The highest BCUT2D eigenvalue weighted by Gasteiger charge is 2.27. The predicted molar refractivity (Wildman–Crippen MR) is 69.9 cm³/mol. The van der Waals surface area contributed by atoms with Crippen LogP contribution in [0.3, 0.4) is 0 Å². The largest absolute Gasteiger partial charge is 0.394 e. The van der Waals surface area contributed by atoms with E-state index < -0.39 is 4.92 Å². The molecule has 6 nitrogen and oxygen atoms in total. The van der Waals surface area contributed by atoms with E-state index in [0.29, 0.717) is 12.2 Å². The molecule has 19 heavy (non-hydrogen) atoms. The van der Waals surface area contributed by atoms with Gasteiger partial charge in [0.25, 0.3) is 5.69 Å². The summed E-state index contributed by atoms with van der Waals surface area (Å²) < 4.78 is 0. The molecule has 0 spiro atoms. The van der Waals surface area contributed by atoms with Gasteiger partial charge in [-0.2, -0.15) is 5.26 Å². The van der Waals surface area contributed by atoms with Crippen molar-refractivity contribution in [2.24, 2.45) is 0 Å². The van der Waals surface area contributed by atoms with Crippen LogP contribution in [0, 0.1) is 21.4 Å². The monoisotopic (exact) mass is 261 g/mol. The lowest BCUT2D eigenvalue weighted by Gasteiger charge is -2.36. The summed E-state index contributed by atoms with van der Waals surface area (Å²) >= 11 is 0. The second kappa shape index (κ2) is 5.67. The summed E-state index contributed by atoms with van der Waals surface area (Å²) in [5.41, 5.74) is 0.690. The fraction of sp³-hybridized carbons (Fsp3) is 0.462. The Kier molecular flexibility index (Phi) is 3.97. The minimum atomic E-state index is -0.473. The molecule has 1 fully saturated rings. The van der Waals surface area contributed by atoms with E-state index in [1.54, 1.807) is 12.1 Å². The second-order valence-electron chi connectivity index (χ2n) is 4.60. The molecule has 0 saturated carbocycles. The minimum Gasteiger partial charge on any atom is -0.394 e. The van der Waals surface area contributed by atoms with Crippen LogP contribution in [0.25, 0.3) is 0 Å². The molecule has 0 aliphatic carbocycles. The number of piperidine rings is 1. The van der Waals surface area contributed by atoms with Crippen molar-refractivity contribution in [1.29, 1.82) is 5.26 Å². The standard InChI is InChI=1S/C13H15N3O3/c14-8-10-4-5-12(13(7-10)16(18)19)15-6-2-1-3-11(15)9-17/h4-5,7,11,17H,1-3,6,9H2. The summed E-state index contributed by atoms with van der Waals surface area (Å²) in [4.78, 5) is 12.5. The summed E-state index contributed by atoms with van der Waals surface area (Å²) in [6, 6.07) is 6.29. The highest BCUT2D eigenvalue weighted by Crippen LogP contribution is 2.33. The number of hydrogen-bond acceptors (Lipinski definition) is 5. The van der Waals surface area contributed by atoms with Gasteiger partial charge < -0.3 is 10.0 Å². The van der Waals surface area contributed by atoms with Crippen LogP contribution >= 0.6 is 0 Å². The second-order valence-corrected chi connectivity index (χ2v) is 4.60. The van der Waals surface area contributed by atoms with Gasteiger partial charge in [0, 0.05) is 12.6 Å². The molecule has 1 heterocycles. The first-order valence-electron chi connectivity index (χ1n) is 6.23. The van der Waals surface area contributed by atoms with E-state index in [9.17, 15) is 15.2 Å². The molecule has 2 rings (SSSR count). The molecule has 1 aliphatic rings. The zero-order valence-electron chi connectivity index (χ0n) is 10.5. The van der Waals surface area contributed by atoms with Crippen molar-refractivity contribution in [3.05, 3.63) is 33.9 Å². The van der Waals surface area contributed by atoms with E-state index >= 15 is 0 Å². The summed E-state index contributed by atoms with van der Waals surface area (Å²) in [5, 5.41) is 29.3. The van der Waals surface area contributed by atoms with Crippen molar-refractivity contribution >= 4 is 11.4 Å². The Balaban J connectivity index is 2.43. The first-order chi connectivity index (χ1) is 9.17. The Labute approximate surface area is 111 Å². The Morgan fingerprint density at radius 2 is 2.32 bits per heavy atom. The number of nitrogens with zero attached hydrogens (tertiary/aromatic N) is 3. The predicted octanol–water partition coefficient (Wildman–Crippen LogP) is 1.82. The molecule has 0 aromatic heterocycles. The lowest BCUT2D eigenvalue weighted by atomic mass is 10.0. The van der Waals surface area contributed by atoms with Gasteiger partial charge in [-0.05, 0) is 31.4 Å². The topological polar surface area (TPSA) is 90.4 Å². The van der Waals surface area contributed by atoms with Crippen LogP contribution in [-0.2, 0) is 0 Å². The number of nitro groups is 1. The lowest BCUT2D eigenvalue weighted by Crippen LogP contribution is -2.42. The van der Waals surface area contributed by atoms with Crippen molar-refractivity contribution in [2.45, 2.75) is 25.3 Å². The van der Waals surface area contributed by atoms with Gasteiger partial charge in [0.05, 0.1) is 29.2 Å². The average Bonchev–Trinajstić information content (AvgIpc) is 2.46. The molecule has 100 valence electrons. The Morgan fingerprint density at radius 1 is 1.53 bits per heavy atom. The molecule has 1 unspecified atom stereocenters. The minimum absolute atomic E-state index is 0.0167. The maximum atomic E-state index is 11.1. The first kappa shape index (κ1) is 13.3. The first-order valence-corrected chi connectivity index (χ1v) is 6.23. The molecule has 0 bridgehead atoms.